The zero-order chi connectivity index (χ0) is 17.4. The molecule has 1 atom stereocenters. The minimum atomic E-state index is -0.737. The van der Waals surface area contributed by atoms with Gasteiger partial charge in [-0.2, -0.15) is 11.8 Å². The fourth-order valence-corrected chi connectivity index (χ4v) is 3.44. The summed E-state index contributed by atoms with van der Waals surface area (Å²) in [6.07, 6.45) is -0.103. The molecule has 0 bridgehead atoms. The smallest absolute Gasteiger partial charge is 0.225 e. The summed E-state index contributed by atoms with van der Waals surface area (Å²) < 4.78 is -0.200. The van der Waals surface area contributed by atoms with E-state index in [9.17, 15) is 14.7 Å². The summed E-state index contributed by atoms with van der Waals surface area (Å²) in [6.45, 7) is 9.80. The van der Waals surface area contributed by atoms with Crippen molar-refractivity contribution in [3.63, 3.8) is 0 Å². The largest absolute Gasteiger partial charge is 0.394 e. The number of carbonyl (C=O) groups is 2. The lowest BCUT2D eigenvalue weighted by Gasteiger charge is -2.34. The number of amides is 2. The molecular weight excluding hydrogens is 304 g/mol. The van der Waals surface area contributed by atoms with Gasteiger partial charge in [0.2, 0.25) is 11.8 Å². The number of nitrogens with one attached hydrogen (secondary N) is 2. The number of rotatable bonds is 10. The molecule has 0 rings (SSSR count). The molecule has 0 aromatic carbocycles. The first-order valence-electron chi connectivity index (χ1n) is 7.46. The van der Waals surface area contributed by atoms with Crippen molar-refractivity contribution in [3.8, 4) is 0 Å². The Morgan fingerprint density at radius 2 is 1.68 bits per heavy atom. The Morgan fingerprint density at radius 1 is 1.14 bits per heavy atom. The van der Waals surface area contributed by atoms with Crippen molar-refractivity contribution in [2.45, 2.75) is 51.9 Å². The molecule has 0 aliphatic carbocycles. The molecule has 130 valence electrons. The average Bonchev–Trinajstić information content (AvgIpc) is 2.39. The van der Waals surface area contributed by atoms with E-state index in [4.69, 9.17) is 5.11 Å². The van der Waals surface area contributed by atoms with Crippen LogP contribution in [0.15, 0.2) is 0 Å². The Labute approximate surface area is 137 Å². The first-order valence-corrected chi connectivity index (χ1v) is 8.44. The van der Waals surface area contributed by atoms with E-state index < -0.39 is 11.5 Å². The summed E-state index contributed by atoms with van der Waals surface area (Å²) in [5.74, 6) is 0.256. The first kappa shape index (κ1) is 21.2. The van der Waals surface area contributed by atoms with Gasteiger partial charge in [0, 0.05) is 35.9 Å². The van der Waals surface area contributed by atoms with Gasteiger partial charge in [-0.1, -0.05) is 27.7 Å². The molecule has 0 aromatic rings. The summed E-state index contributed by atoms with van der Waals surface area (Å²) in [4.78, 5) is 23.0. The molecule has 2 amide bonds. The molecule has 0 radical (unpaired) electrons. The van der Waals surface area contributed by atoms with Gasteiger partial charge in [-0.05, 0) is 6.42 Å². The van der Waals surface area contributed by atoms with Crippen LogP contribution in [0.5, 0.6) is 0 Å². The second-order valence-corrected chi connectivity index (χ2v) is 8.43. The summed E-state index contributed by atoms with van der Waals surface area (Å²) in [5.41, 5.74) is -0.559. The number of aliphatic hydroxyl groups is 2. The number of hydrogen-bond acceptors (Lipinski definition) is 5. The number of thioether (sulfide) groups is 1. The quantitative estimate of drug-likeness (QED) is 0.437. The van der Waals surface area contributed by atoms with Crippen LogP contribution in [0.1, 0.15) is 41.0 Å². The van der Waals surface area contributed by atoms with E-state index in [-0.39, 0.29) is 23.2 Å². The maximum Gasteiger partial charge on any atom is 0.225 e. The number of aliphatic hydroxyl groups excluding tert-OH is 2. The van der Waals surface area contributed by atoms with Gasteiger partial charge in [0.05, 0.1) is 12.7 Å². The molecule has 0 fully saturated rings. The minimum absolute atomic E-state index is 0.0609. The Bertz CT molecular complexity index is 373. The van der Waals surface area contributed by atoms with Crippen LogP contribution in [0.2, 0.25) is 0 Å². The second-order valence-electron chi connectivity index (χ2n) is 6.71. The Hall–Kier alpha value is -0.790. The van der Waals surface area contributed by atoms with Crippen molar-refractivity contribution in [1.29, 1.82) is 0 Å². The summed E-state index contributed by atoms with van der Waals surface area (Å²) in [7, 11) is 0. The van der Waals surface area contributed by atoms with Crippen LogP contribution in [0, 0.1) is 5.41 Å². The highest BCUT2D eigenvalue weighted by Crippen LogP contribution is 2.37. The van der Waals surface area contributed by atoms with E-state index in [1.54, 1.807) is 11.8 Å². The standard InChI is InChI=1S/C15H30N2O4S/c1-11(19)16-6-7-17-13(21)14(2,3)10-15(4,5)22-9-12(20)8-18/h12,18,20H,6-10H2,1-5H3,(H,16,19)(H,17,21). The minimum Gasteiger partial charge on any atom is -0.394 e. The summed E-state index contributed by atoms with van der Waals surface area (Å²) >= 11 is 1.54. The molecule has 0 saturated heterocycles. The van der Waals surface area contributed by atoms with Gasteiger partial charge in [0.1, 0.15) is 0 Å². The van der Waals surface area contributed by atoms with Crippen LogP contribution in [0.3, 0.4) is 0 Å². The lowest BCUT2D eigenvalue weighted by Crippen LogP contribution is -2.43. The van der Waals surface area contributed by atoms with Crippen molar-refractivity contribution in [3.05, 3.63) is 0 Å². The predicted octanol–water partition coefficient (Wildman–Crippen LogP) is 0.520. The Balaban J connectivity index is 4.34. The second kappa shape index (κ2) is 9.37. The molecule has 0 spiro atoms. The monoisotopic (exact) mass is 334 g/mol. The van der Waals surface area contributed by atoms with Gasteiger partial charge in [0.25, 0.3) is 0 Å². The molecule has 0 aliphatic rings. The van der Waals surface area contributed by atoms with Gasteiger partial charge >= 0.3 is 0 Å². The van der Waals surface area contributed by atoms with Crippen LogP contribution in [-0.4, -0.2) is 58.3 Å². The van der Waals surface area contributed by atoms with E-state index in [2.05, 4.69) is 10.6 Å². The molecule has 0 aromatic heterocycles. The molecule has 0 aliphatic heterocycles. The highest BCUT2D eigenvalue weighted by molar-refractivity contribution is 8.00. The van der Waals surface area contributed by atoms with Crippen LogP contribution < -0.4 is 10.6 Å². The van der Waals surface area contributed by atoms with Crippen LogP contribution in [-0.2, 0) is 9.59 Å². The van der Waals surface area contributed by atoms with Crippen molar-refractivity contribution in [1.82, 2.24) is 10.6 Å². The average molecular weight is 334 g/mol. The lowest BCUT2D eigenvalue weighted by atomic mass is 9.82. The summed E-state index contributed by atoms with van der Waals surface area (Å²) in [6, 6.07) is 0. The maximum absolute atomic E-state index is 12.3. The number of hydrogen-bond donors (Lipinski definition) is 4. The van der Waals surface area contributed by atoms with Crippen LogP contribution in [0.25, 0.3) is 0 Å². The molecule has 7 heteroatoms. The lowest BCUT2D eigenvalue weighted by molar-refractivity contribution is -0.130. The SMILES string of the molecule is CC(=O)NCCNC(=O)C(C)(C)CC(C)(C)SCC(O)CO. The van der Waals surface area contributed by atoms with E-state index >= 15 is 0 Å². The molecule has 0 heterocycles. The molecule has 22 heavy (non-hydrogen) atoms. The van der Waals surface area contributed by atoms with Crippen LogP contribution in [0.4, 0.5) is 0 Å². The predicted molar refractivity (Wildman–Crippen MR) is 89.7 cm³/mol. The first-order chi connectivity index (χ1) is 10.00. The van der Waals surface area contributed by atoms with Gasteiger partial charge in [-0.15, -0.1) is 0 Å². The van der Waals surface area contributed by atoms with Crippen molar-refractivity contribution in [2.24, 2.45) is 5.41 Å². The van der Waals surface area contributed by atoms with E-state index in [1.165, 1.54) is 6.92 Å². The third-order valence-corrected chi connectivity index (χ3v) is 4.62. The normalized spacial score (nSPS) is 13.6. The summed E-state index contributed by atoms with van der Waals surface area (Å²) in [5, 5.41) is 23.7. The maximum atomic E-state index is 12.3. The highest BCUT2D eigenvalue weighted by atomic mass is 32.2. The molecular formula is C15H30N2O4S. The fraction of sp³-hybridized carbons (Fsp3) is 0.867. The van der Waals surface area contributed by atoms with Gasteiger partial charge in [-0.3, -0.25) is 9.59 Å². The zero-order valence-corrected chi connectivity index (χ0v) is 15.0. The molecule has 1 unspecified atom stereocenters. The fourth-order valence-electron chi connectivity index (χ4n) is 2.22. The molecule has 0 saturated carbocycles. The Kier molecular flexibility index (Phi) is 9.04. The molecule has 6 nitrogen and oxygen atoms in total. The van der Waals surface area contributed by atoms with E-state index in [0.717, 1.165) is 0 Å². The Morgan fingerprint density at radius 3 is 2.18 bits per heavy atom. The van der Waals surface area contributed by atoms with Crippen molar-refractivity contribution < 1.29 is 19.8 Å². The number of carbonyl (C=O) groups excluding carboxylic acids is 2. The van der Waals surface area contributed by atoms with E-state index in [1.807, 2.05) is 27.7 Å². The third kappa shape index (κ3) is 9.27. The van der Waals surface area contributed by atoms with Gasteiger partial charge in [-0.25, -0.2) is 0 Å². The van der Waals surface area contributed by atoms with Gasteiger partial charge < -0.3 is 20.8 Å². The third-order valence-electron chi connectivity index (χ3n) is 3.14. The highest BCUT2D eigenvalue weighted by Gasteiger charge is 2.35. The molecule has 4 N–H and O–H groups in total. The van der Waals surface area contributed by atoms with Crippen molar-refractivity contribution >= 4 is 23.6 Å². The topological polar surface area (TPSA) is 98.7 Å². The van der Waals surface area contributed by atoms with E-state index in [0.29, 0.717) is 25.3 Å². The van der Waals surface area contributed by atoms with Gasteiger partial charge in [0.15, 0.2) is 0 Å². The van der Waals surface area contributed by atoms with Crippen LogP contribution >= 0.6 is 11.8 Å². The zero-order valence-electron chi connectivity index (χ0n) is 14.2. The van der Waals surface area contributed by atoms with Crippen molar-refractivity contribution in [2.75, 3.05) is 25.4 Å².